The largest absolute Gasteiger partial charge is 0.376 e. The van der Waals surface area contributed by atoms with E-state index in [-0.39, 0.29) is 10.9 Å². The molecule has 3 N–H and O–H groups in total. The van der Waals surface area contributed by atoms with Crippen LogP contribution in [-0.4, -0.2) is 31.3 Å². The summed E-state index contributed by atoms with van der Waals surface area (Å²) in [6.45, 7) is 3.31. The molecule has 0 aromatic heterocycles. The Morgan fingerprint density at radius 2 is 1.57 bits per heavy atom. The van der Waals surface area contributed by atoms with Gasteiger partial charge in [0.2, 0.25) is 0 Å². The molecular formula is C17H19FN4S. The van der Waals surface area contributed by atoms with Gasteiger partial charge in [-0.3, -0.25) is 0 Å². The van der Waals surface area contributed by atoms with E-state index in [0.717, 1.165) is 37.6 Å². The molecule has 1 saturated heterocycles. The fraction of sp³-hybridized carbons (Fsp3) is 0.235. The summed E-state index contributed by atoms with van der Waals surface area (Å²) in [5, 5.41) is 3.17. The molecule has 1 fully saturated rings. The molecule has 0 saturated carbocycles. The molecule has 1 aliphatic heterocycles. The molecule has 0 atom stereocenters. The van der Waals surface area contributed by atoms with Crippen molar-refractivity contribution in [2.45, 2.75) is 0 Å². The minimum absolute atomic E-state index is 0.158. The van der Waals surface area contributed by atoms with Crippen LogP contribution in [0.25, 0.3) is 0 Å². The first kappa shape index (κ1) is 15.6. The number of para-hydroxylation sites is 1. The SMILES string of the molecule is NC(=S)Nc1ccc(N2CCN(c3ccccc3F)CC2)cc1. The van der Waals surface area contributed by atoms with E-state index in [0.29, 0.717) is 5.69 Å². The second-order valence-corrected chi connectivity index (χ2v) is 5.90. The fourth-order valence-electron chi connectivity index (χ4n) is 2.81. The molecule has 2 aromatic rings. The van der Waals surface area contributed by atoms with E-state index in [1.807, 2.05) is 36.4 Å². The number of piperazine rings is 1. The highest BCUT2D eigenvalue weighted by Gasteiger charge is 2.19. The maximum absolute atomic E-state index is 13.9. The summed E-state index contributed by atoms with van der Waals surface area (Å²) >= 11 is 4.83. The van der Waals surface area contributed by atoms with E-state index in [1.54, 1.807) is 6.07 Å². The number of nitrogens with two attached hydrogens (primary N) is 1. The lowest BCUT2D eigenvalue weighted by Crippen LogP contribution is -2.46. The Morgan fingerprint density at radius 1 is 0.957 bits per heavy atom. The average Bonchev–Trinajstić information content (AvgIpc) is 2.56. The van der Waals surface area contributed by atoms with Crippen LogP contribution >= 0.6 is 12.2 Å². The zero-order valence-electron chi connectivity index (χ0n) is 12.7. The van der Waals surface area contributed by atoms with Crippen LogP contribution in [0.2, 0.25) is 0 Å². The predicted molar refractivity (Wildman–Crippen MR) is 97.7 cm³/mol. The molecule has 0 spiro atoms. The van der Waals surface area contributed by atoms with Gasteiger partial charge >= 0.3 is 0 Å². The molecule has 1 aliphatic rings. The molecular weight excluding hydrogens is 311 g/mol. The van der Waals surface area contributed by atoms with Crippen molar-refractivity contribution in [3.8, 4) is 0 Å². The minimum Gasteiger partial charge on any atom is -0.376 e. The molecule has 0 radical (unpaired) electrons. The van der Waals surface area contributed by atoms with E-state index in [4.69, 9.17) is 18.0 Å². The molecule has 120 valence electrons. The summed E-state index contributed by atoms with van der Waals surface area (Å²) < 4.78 is 13.9. The van der Waals surface area contributed by atoms with Crippen LogP contribution < -0.4 is 20.9 Å². The second kappa shape index (κ2) is 6.83. The predicted octanol–water partition coefficient (Wildman–Crippen LogP) is 2.81. The number of nitrogens with zero attached hydrogens (tertiary/aromatic N) is 2. The first-order chi connectivity index (χ1) is 11.1. The Labute approximate surface area is 140 Å². The summed E-state index contributed by atoms with van der Waals surface area (Å²) in [5.74, 6) is -0.158. The smallest absolute Gasteiger partial charge is 0.168 e. The Hall–Kier alpha value is -2.34. The van der Waals surface area contributed by atoms with Gasteiger partial charge in [0.1, 0.15) is 5.82 Å². The van der Waals surface area contributed by atoms with Crippen molar-refractivity contribution < 1.29 is 4.39 Å². The van der Waals surface area contributed by atoms with Crippen LogP contribution in [0.1, 0.15) is 0 Å². The summed E-state index contributed by atoms with van der Waals surface area (Å²) in [5.41, 5.74) is 8.17. The summed E-state index contributed by atoms with van der Waals surface area (Å²) in [4.78, 5) is 4.39. The third-order valence-electron chi connectivity index (χ3n) is 3.97. The van der Waals surface area contributed by atoms with Crippen molar-refractivity contribution in [3.63, 3.8) is 0 Å². The highest BCUT2D eigenvalue weighted by Crippen LogP contribution is 2.23. The number of halogens is 1. The van der Waals surface area contributed by atoms with Crippen LogP contribution in [0, 0.1) is 5.82 Å². The zero-order valence-corrected chi connectivity index (χ0v) is 13.5. The first-order valence-corrected chi connectivity index (χ1v) is 7.95. The third kappa shape index (κ3) is 3.71. The van der Waals surface area contributed by atoms with E-state index in [1.165, 1.54) is 6.07 Å². The summed E-state index contributed by atoms with van der Waals surface area (Å²) in [7, 11) is 0. The number of nitrogens with one attached hydrogen (secondary N) is 1. The molecule has 23 heavy (non-hydrogen) atoms. The standard InChI is InChI=1S/C17H19FN4S/c18-15-3-1-2-4-16(15)22-11-9-21(10-12-22)14-7-5-13(6-8-14)20-17(19)23/h1-8H,9-12H2,(H3,19,20,23). The molecule has 1 heterocycles. The molecule has 0 bridgehead atoms. The normalized spacial score (nSPS) is 14.7. The van der Waals surface area contributed by atoms with Crippen LogP contribution in [-0.2, 0) is 0 Å². The lowest BCUT2D eigenvalue weighted by atomic mass is 10.2. The monoisotopic (exact) mass is 330 g/mol. The van der Waals surface area contributed by atoms with Gasteiger partial charge in [-0.25, -0.2) is 4.39 Å². The number of anilines is 3. The number of thiocarbonyl (C=S) groups is 1. The van der Waals surface area contributed by atoms with Gasteiger partial charge in [0.15, 0.2) is 5.11 Å². The Balaban J connectivity index is 1.62. The lowest BCUT2D eigenvalue weighted by Gasteiger charge is -2.37. The van der Waals surface area contributed by atoms with Gasteiger partial charge in [0, 0.05) is 37.6 Å². The quantitative estimate of drug-likeness (QED) is 0.848. The van der Waals surface area contributed by atoms with E-state index in [9.17, 15) is 4.39 Å². The molecule has 6 heteroatoms. The Kier molecular flexibility index (Phi) is 4.62. The molecule has 4 nitrogen and oxygen atoms in total. The van der Waals surface area contributed by atoms with Crippen LogP contribution in [0.15, 0.2) is 48.5 Å². The Morgan fingerprint density at radius 3 is 2.17 bits per heavy atom. The topological polar surface area (TPSA) is 44.5 Å². The summed E-state index contributed by atoms with van der Waals surface area (Å²) in [6, 6.07) is 14.9. The Bertz CT molecular complexity index is 681. The van der Waals surface area contributed by atoms with Gasteiger partial charge in [0.25, 0.3) is 0 Å². The molecule has 0 aliphatic carbocycles. The second-order valence-electron chi connectivity index (χ2n) is 5.46. The number of hydrogen-bond donors (Lipinski definition) is 2. The molecule has 0 amide bonds. The number of benzene rings is 2. The first-order valence-electron chi connectivity index (χ1n) is 7.54. The van der Waals surface area contributed by atoms with Crippen molar-refractivity contribution in [1.82, 2.24) is 0 Å². The highest BCUT2D eigenvalue weighted by molar-refractivity contribution is 7.80. The number of hydrogen-bond acceptors (Lipinski definition) is 3. The molecule has 2 aromatic carbocycles. The number of rotatable bonds is 3. The third-order valence-corrected chi connectivity index (χ3v) is 4.07. The van der Waals surface area contributed by atoms with Gasteiger partial charge in [-0.2, -0.15) is 0 Å². The average molecular weight is 330 g/mol. The van der Waals surface area contributed by atoms with Gasteiger partial charge in [0.05, 0.1) is 5.69 Å². The molecule has 0 unspecified atom stereocenters. The van der Waals surface area contributed by atoms with Gasteiger partial charge in [-0.15, -0.1) is 0 Å². The van der Waals surface area contributed by atoms with Crippen LogP contribution in [0.5, 0.6) is 0 Å². The van der Waals surface area contributed by atoms with Crippen molar-refractivity contribution in [2.75, 3.05) is 41.3 Å². The van der Waals surface area contributed by atoms with Crippen LogP contribution in [0.3, 0.4) is 0 Å². The van der Waals surface area contributed by atoms with Gasteiger partial charge in [-0.05, 0) is 48.6 Å². The van der Waals surface area contributed by atoms with Crippen LogP contribution in [0.4, 0.5) is 21.5 Å². The van der Waals surface area contributed by atoms with Crippen molar-refractivity contribution in [1.29, 1.82) is 0 Å². The van der Waals surface area contributed by atoms with Gasteiger partial charge < -0.3 is 20.9 Å². The van der Waals surface area contributed by atoms with Gasteiger partial charge in [-0.1, -0.05) is 12.1 Å². The zero-order chi connectivity index (χ0) is 16.2. The maximum atomic E-state index is 13.9. The van der Waals surface area contributed by atoms with E-state index < -0.39 is 0 Å². The fourth-order valence-corrected chi connectivity index (χ4v) is 2.93. The molecule has 3 rings (SSSR count). The maximum Gasteiger partial charge on any atom is 0.168 e. The highest BCUT2D eigenvalue weighted by atomic mass is 32.1. The summed E-state index contributed by atoms with van der Waals surface area (Å²) in [6.07, 6.45) is 0. The minimum atomic E-state index is -0.158. The van der Waals surface area contributed by atoms with E-state index >= 15 is 0 Å². The van der Waals surface area contributed by atoms with E-state index in [2.05, 4.69) is 15.1 Å². The lowest BCUT2D eigenvalue weighted by molar-refractivity contribution is 0.598. The van der Waals surface area contributed by atoms with Crippen molar-refractivity contribution >= 4 is 34.4 Å². The van der Waals surface area contributed by atoms with Crippen molar-refractivity contribution in [2.24, 2.45) is 5.73 Å². The van der Waals surface area contributed by atoms with Crippen molar-refractivity contribution in [3.05, 3.63) is 54.3 Å².